The Morgan fingerprint density at radius 3 is 2.73 bits per heavy atom. The Bertz CT molecular complexity index is 1110. The summed E-state index contributed by atoms with van der Waals surface area (Å²) >= 11 is 1.60. The average molecular weight is 466 g/mol. The number of aromatic nitrogens is 2. The van der Waals surface area contributed by atoms with E-state index in [0.717, 1.165) is 60.7 Å². The fourth-order valence-corrected chi connectivity index (χ4v) is 4.81. The molecule has 0 bridgehead atoms. The Morgan fingerprint density at radius 1 is 1.24 bits per heavy atom. The number of anilines is 1. The zero-order valence-corrected chi connectivity index (χ0v) is 19.4. The molecule has 33 heavy (non-hydrogen) atoms. The lowest BCUT2D eigenvalue weighted by molar-refractivity contribution is -0.384. The number of hydrogen-bond acceptors (Lipinski definition) is 7. The van der Waals surface area contributed by atoms with Gasteiger partial charge in [0.1, 0.15) is 0 Å². The molecule has 3 heterocycles. The summed E-state index contributed by atoms with van der Waals surface area (Å²) in [4.78, 5) is 34.6. The van der Waals surface area contributed by atoms with Crippen LogP contribution in [0, 0.1) is 16.0 Å². The fraction of sp³-hybridized carbons (Fsp3) is 0.375. The monoisotopic (exact) mass is 465 g/mol. The number of nitro groups is 1. The number of nitro benzene ring substituents is 1. The fourth-order valence-electron chi connectivity index (χ4n) is 3.96. The second kappa shape index (κ2) is 10.5. The van der Waals surface area contributed by atoms with E-state index in [0.29, 0.717) is 18.0 Å². The molecule has 9 heteroatoms. The number of pyridine rings is 1. The van der Waals surface area contributed by atoms with Gasteiger partial charge < -0.3 is 10.2 Å². The molecule has 0 radical (unpaired) electrons. The van der Waals surface area contributed by atoms with Crippen LogP contribution < -0.4 is 10.2 Å². The van der Waals surface area contributed by atoms with E-state index < -0.39 is 4.92 Å². The Balaban J connectivity index is 1.37. The Kier molecular flexibility index (Phi) is 7.29. The van der Waals surface area contributed by atoms with Gasteiger partial charge in [0, 0.05) is 61.5 Å². The van der Waals surface area contributed by atoms with Gasteiger partial charge in [-0.3, -0.25) is 19.9 Å². The van der Waals surface area contributed by atoms with Crippen molar-refractivity contribution in [1.29, 1.82) is 0 Å². The molecule has 1 N–H and O–H groups in total. The molecule has 1 amide bonds. The molecule has 1 saturated heterocycles. The van der Waals surface area contributed by atoms with E-state index in [1.54, 1.807) is 29.8 Å². The minimum absolute atomic E-state index is 0.0688. The lowest BCUT2D eigenvalue weighted by atomic mass is 9.98. The molecule has 0 spiro atoms. The minimum atomic E-state index is -0.457. The Hall–Kier alpha value is -3.33. The maximum absolute atomic E-state index is 13.0. The summed E-state index contributed by atoms with van der Waals surface area (Å²) < 4.78 is 0. The minimum Gasteiger partial charge on any atom is -0.371 e. The number of thiazole rings is 1. The standard InChI is InChI=1S/C24H27N5O3S/c1-17-8-13-28(14-9-17)22-5-4-19(29(31)32)15-20(22)24(30)26-10-2-3-23-27-21(16-33-23)18-6-11-25-12-7-18/h4-7,11-12,15-17H,2-3,8-10,13-14H2,1H3,(H,26,30). The van der Waals surface area contributed by atoms with E-state index in [4.69, 9.17) is 0 Å². The normalized spacial score (nSPS) is 14.3. The molecule has 172 valence electrons. The molecule has 3 aromatic rings. The molecule has 0 unspecified atom stereocenters. The molecule has 1 aliphatic rings. The van der Waals surface area contributed by atoms with Crippen molar-refractivity contribution in [2.45, 2.75) is 32.6 Å². The molecule has 1 aromatic carbocycles. The van der Waals surface area contributed by atoms with Crippen molar-refractivity contribution in [3.8, 4) is 11.3 Å². The average Bonchev–Trinajstić information content (AvgIpc) is 3.31. The Morgan fingerprint density at radius 2 is 2.00 bits per heavy atom. The maximum Gasteiger partial charge on any atom is 0.270 e. The van der Waals surface area contributed by atoms with Gasteiger partial charge in [0.15, 0.2) is 0 Å². The highest BCUT2D eigenvalue weighted by molar-refractivity contribution is 7.09. The first-order valence-corrected chi connectivity index (χ1v) is 12.1. The van der Waals surface area contributed by atoms with Crippen LogP contribution in [0.5, 0.6) is 0 Å². The Labute approximate surface area is 196 Å². The molecule has 8 nitrogen and oxygen atoms in total. The summed E-state index contributed by atoms with van der Waals surface area (Å²) in [5, 5.41) is 17.3. The molecule has 0 atom stereocenters. The van der Waals surface area contributed by atoms with Crippen LogP contribution in [0.15, 0.2) is 48.1 Å². The number of nitrogens with one attached hydrogen (secondary N) is 1. The van der Waals surface area contributed by atoms with Gasteiger partial charge in [-0.15, -0.1) is 11.3 Å². The summed E-state index contributed by atoms with van der Waals surface area (Å²) in [6, 6.07) is 8.44. The third-order valence-electron chi connectivity index (χ3n) is 5.94. The number of non-ortho nitro benzene ring substituents is 1. The van der Waals surface area contributed by atoms with Gasteiger partial charge in [0.25, 0.3) is 11.6 Å². The van der Waals surface area contributed by atoms with E-state index in [1.807, 2.05) is 17.5 Å². The van der Waals surface area contributed by atoms with Crippen LogP contribution in [0.2, 0.25) is 0 Å². The predicted molar refractivity (Wildman–Crippen MR) is 130 cm³/mol. The number of piperidine rings is 1. The summed E-state index contributed by atoms with van der Waals surface area (Å²) in [5.74, 6) is 0.380. The second-order valence-electron chi connectivity index (χ2n) is 8.35. The van der Waals surface area contributed by atoms with Crippen LogP contribution in [0.3, 0.4) is 0 Å². The summed E-state index contributed by atoms with van der Waals surface area (Å²) in [6.45, 7) is 4.40. The van der Waals surface area contributed by atoms with Crippen molar-refractivity contribution in [3.63, 3.8) is 0 Å². The zero-order valence-electron chi connectivity index (χ0n) is 18.6. The molecule has 4 rings (SSSR count). The van der Waals surface area contributed by atoms with Crippen molar-refractivity contribution in [2.75, 3.05) is 24.5 Å². The first-order valence-electron chi connectivity index (χ1n) is 11.2. The van der Waals surface area contributed by atoms with Crippen molar-refractivity contribution in [3.05, 3.63) is 68.8 Å². The summed E-state index contributed by atoms with van der Waals surface area (Å²) in [5.41, 5.74) is 3.03. The lowest BCUT2D eigenvalue weighted by Gasteiger charge is -2.33. The van der Waals surface area contributed by atoms with Crippen molar-refractivity contribution < 1.29 is 9.72 Å². The number of amides is 1. The van der Waals surface area contributed by atoms with Gasteiger partial charge in [0.2, 0.25) is 0 Å². The molecule has 2 aromatic heterocycles. The van der Waals surface area contributed by atoms with Crippen LogP contribution in [0.25, 0.3) is 11.3 Å². The van der Waals surface area contributed by atoms with Crippen LogP contribution in [0.4, 0.5) is 11.4 Å². The molecule has 1 aliphatic heterocycles. The summed E-state index contributed by atoms with van der Waals surface area (Å²) in [7, 11) is 0. The molecule has 0 saturated carbocycles. The number of carbonyl (C=O) groups excluding carboxylic acids is 1. The van der Waals surface area contributed by atoms with Gasteiger partial charge in [-0.2, -0.15) is 0 Å². The third-order valence-corrected chi connectivity index (χ3v) is 6.85. The first-order chi connectivity index (χ1) is 16.0. The highest BCUT2D eigenvalue weighted by Gasteiger charge is 2.23. The quantitative estimate of drug-likeness (QED) is 0.294. The zero-order chi connectivity index (χ0) is 23.2. The second-order valence-corrected chi connectivity index (χ2v) is 9.29. The topological polar surface area (TPSA) is 101 Å². The van der Waals surface area contributed by atoms with Crippen LogP contribution in [0.1, 0.15) is 41.6 Å². The number of carbonyl (C=O) groups is 1. The highest BCUT2D eigenvalue weighted by atomic mass is 32.1. The number of benzene rings is 1. The van der Waals surface area contributed by atoms with Crippen LogP contribution in [-0.4, -0.2) is 40.4 Å². The highest BCUT2D eigenvalue weighted by Crippen LogP contribution is 2.29. The smallest absolute Gasteiger partial charge is 0.270 e. The van der Waals surface area contributed by atoms with Crippen molar-refractivity contribution >= 4 is 28.6 Å². The number of nitrogens with zero attached hydrogens (tertiary/aromatic N) is 4. The molecular formula is C24H27N5O3S. The van der Waals surface area contributed by atoms with Gasteiger partial charge in [0.05, 0.1) is 26.9 Å². The van der Waals surface area contributed by atoms with Crippen molar-refractivity contribution in [2.24, 2.45) is 5.92 Å². The third kappa shape index (κ3) is 5.73. The largest absolute Gasteiger partial charge is 0.371 e. The van der Waals surface area contributed by atoms with Crippen molar-refractivity contribution in [1.82, 2.24) is 15.3 Å². The van der Waals surface area contributed by atoms with E-state index in [1.165, 1.54) is 12.1 Å². The maximum atomic E-state index is 13.0. The van der Waals surface area contributed by atoms with E-state index in [2.05, 4.69) is 27.1 Å². The van der Waals surface area contributed by atoms with Gasteiger partial charge >= 0.3 is 0 Å². The van der Waals surface area contributed by atoms with Gasteiger partial charge in [-0.1, -0.05) is 6.92 Å². The van der Waals surface area contributed by atoms with E-state index in [-0.39, 0.29) is 11.6 Å². The molecular weight excluding hydrogens is 438 g/mol. The van der Waals surface area contributed by atoms with Gasteiger partial charge in [-0.25, -0.2) is 4.98 Å². The SMILES string of the molecule is CC1CCN(c2ccc([N+](=O)[O-])cc2C(=O)NCCCc2nc(-c3ccncc3)cs2)CC1. The number of aryl methyl sites for hydroxylation is 1. The summed E-state index contributed by atoms with van der Waals surface area (Å²) in [6.07, 6.45) is 7.08. The lowest BCUT2D eigenvalue weighted by Crippen LogP contribution is -2.35. The van der Waals surface area contributed by atoms with Crippen LogP contribution in [-0.2, 0) is 6.42 Å². The number of hydrogen-bond donors (Lipinski definition) is 1. The van der Waals surface area contributed by atoms with Crippen LogP contribution >= 0.6 is 11.3 Å². The predicted octanol–water partition coefficient (Wildman–Crippen LogP) is 4.71. The number of rotatable bonds is 8. The van der Waals surface area contributed by atoms with E-state index >= 15 is 0 Å². The first kappa shape index (κ1) is 22.8. The molecule has 1 fully saturated rings. The van der Waals surface area contributed by atoms with E-state index in [9.17, 15) is 14.9 Å². The van der Waals surface area contributed by atoms with Gasteiger partial charge in [-0.05, 0) is 43.4 Å². The molecule has 0 aliphatic carbocycles.